The number of nitrogens with one attached hydrogen (secondary N) is 2. The Labute approximate surface area is 167 Å². The third-order valence-electron chi connectivity index (χ3n) is 4.31. The molecule has 4 rings (SSSR count). The monoisotopic (exact) mass is 396 g/mol. The van der Waals surface area contributed by atoms with E-state index < -0.39 is 0 Å². The number of hydrogen-bond donors (Lipinski definition) is 2. The van der Waals surface area contributed by atoms with Crippen LogP contribution in [-0.2, 0) is 6.54 Å². The van der Waals surface area contributed by atoms with E-state index in [-0.39, 0.29) is 0 Å². The fourth-order valence-electron chi connectivity index (χ4n) is 2.97. The molecule has 4 nitrogen and oxygen atoms in total. The van der Waals surface area contributed by atoms with Crippen molar-refractivity contribution in [1.82, 2.24) is 5.32 Å². The molecule has 6 heteroatoms. The van der Waals surface area contributed by atoms with Gasteiger partial charge in [0.25, 0.3) is 0 Å². The fourth-order valence-corrected chi connectivity index (χ4v) is 3.28. The molecular weight excluding hydrogens is 380 g/mol. The maximum atomic E-state index is 5.94. The van der Waals surface area contributed by atoms with Crippen LogP contribution in [0.1, 0.15) is 5.56 Å². The number of halogens is 1. The molecule has 0 atom stereocenters. The Bertz CT molecular complexity index is 1120. The highest BCUT2D eigenvalue weighted by atomic mass is 35.5. The number of rotatable bonds is 4. The van der Waals surface area contributed by atoms with E-state index in [1.54, 1.807) is 7.11 Å². The predicted molar refractivity (Wildman–Crippen MR) is 115 cm³/mol. The Morgan fingerprint density at radius 2 is 1.81 bits per heavy atom. The molecular formula is C21H17ClN2O2S. The summed E-state index contributed by atoms with van der Waals surface area (Å²) in [6.45, 7) is 0.595. The van der Waals surface area contributed by atoms with Crippen LogP contribution >= 0.6 is 23.8 Å². The fraction of sp³-hybridized carbons (Fsp3) is 0.0952. The van der Waals surface area contributed by atoms with Crippen LogP contribution in [0.5, 0.6) is 5.75 Å². The summed E-state index contributed by atoms with van der Waals surface area (Å²) in [6.07, 6.45) is 0. The molecule has 0 spiro atoms. The predicted octanol–water partition coefficient (Wildman–Crippen LogP) is 5.73. The first-order chi connectivity index (χ1) is 13.1. The lowest BCUT2D eigenvalue weighted by atomic mass is 10.1. The van der Waals surface area contributed by atoms with Crippen LogP contribution in [0.15, 0.2) is 65.1 Å². The highest BCUT2D eigenvalue weighted by molar-refractivity contribution is 7.80. The van der Waals surface area contributed by atoms with E-state index in [9.17, 15) is 0 Å². The molecule has 0 saturated carbocycles. The molecule has 2 N–H and O–H groups in total. The van der Waals surface area contributed by atoms with Crippen molar-refractivity contribution < 1.29 is 9.15 Å². The van der Waals surface area contributed by atoms with E-state index >= 15 is 0 Å². The van der Waals surface area contributed by atoms with Gasteiger partial charge >= 0.3 is 0 Å². The number of fused-ring (bicyclic) bond motifs is 3. The second kappa shape index (κ2) is 7.47. The van der Waals surface area contributed by atoms with Gasteiger partial charge in [0.2, 0.25) is 0 Å². The molecule has 0 radical (unpaired) electrons. The van der Waals surface area contributed by atoms with Crippen molar-refractivity contribution in [2.24, 2.45) is 0 Å². The number of benzene rings is 3. The lowest BCUT2D eigenvalue weighted by Crippen LogP contribution is -2.28. The summed E-state index contributed by atoms with van der Waals surface area (Å²) in [4.78, 5) is 0. The molecule has 1 heterocycles. The van der Waals surface area contributed by atoms with E-state index in [1.165, 1.54) is 0 Å². The maximum absolute atomic E-state index is 5.94. The normalized spacial score (nSPS) is 10.9. The summed E-state index contributed by atoms with van der Waals surface area (Å²) in [7, 11) is 1.64. The second-order valence-electron chi connectivity index (χ2n) is 6.08. The van der Waals surface area contributed by atoms with Gasteiger partial charge in [-0.05, 0) is 42.0 Å². The molecule has 1 aromatic heterocycles. The van der Waals surface area contributed by atoms with Gasteiger partial charge < -0.3 is 19.8 Å². The number of methoxy groups -OCH3 is 1. The van der Waals surface area contributed by atoms with Crippen molar-refractivity contribution in [3.8, 4) is 5.75 Å². The number of furan rings is 1. The third-order valence-corrected chi connectivity index (χ3v) is 4.81. The molecule has 3 aromatic carbocycles. The quantitative estimate of drug-likeness (QED) is 0.431. The molecule has 136 valence electrons. The first-order valence-corrected chi connectivity index (χ1v) is 9.21. The lowest BCUT2D eigenvalue weighted by Gasteiger charge is -2.13. The number of para-hydroxylation sites is 1. The van der Waals surface area contributed by atoms with Crippen LogP contribution in [0, 0.1) is 0 Å². The Hall–Kier alpha value is -2.76. The van der Waals surface area contributed by atoms with Crippen LogP contribution in [-0.4, -0.2) is 12.2 Å². The maximum Gasteiger partial charge on any atom is 0.171 e. The van der Waals surface area contributed by atoms with Crippen LogP contribution in [0.25, 0.3) is 21.9 Å². The summed E-state index contributed by atoms with van der Waals surface area (Å²) in [6, 6.07) is 19.4. The van der Waals surface area contributed by atoms with Gasteiger partial charge in [0.05, 0.1) is 12.8 Å². The minimum atomic E-state index is 0.499. The molecule has 0 aliphatic carbocycles. The zero-order valence-electron chi connectivity index (χ0n) is 14.6. The molecule has 0 unspecified atom stereocenters. The highest BCUT2D eigenvalue weighted by Crippen LogP contribution is 2.36. The van der Waals surface area contributed by atoms with Crippen molar-refractivity contribution in [2.75, 3.05) is 12.4 Å². The molecule has 0 aliphatic rings. The molecule has 0 bridgehead atoms. The first kappa shape index (κ1) is 17.6. The Balaban J connectivity index is 1.56. The first-order valence-electron chi connectivity index (χ1n) is 8.42. The van der Waals surface area contributed by atoms with Gasteiger partial charge in [-0.3, -0.25) is 0 Å². The van der Waals surface area contributed by atoms with Crippen molar-refractivity contribution in [2.45, 2.75) is 6.54 Å². The van der Waals surface area contributed by atoms with Gasteiger partial charge in [-0.1, -0.05) is 41.9 Å². The third kappa shape index (κ3) is 3.70. The van der Waals surface area contributed by atoms with Gasteiger partial charge in [-0.15, -0.1) is 0 Å². The van der Waals surface area contributed by atoms with E-state index in [1.807, 2.05) is 60.7 Å². The molecule has 0 aliphatic heterocycles. The minimum absolute atomic E-state index is 0.499. The number of thiocarbonyl (C=S) groups is 1. The minimum Gasteiger partial charge on any atom is -0.495 e. The van der Waals surface area contributed by atoms with Crippen molar-refractivity contribution in [3.05, 3.63) is 71.2 Å². The smallest absolute Gasteiger partial charge is 0.171 e. The van der Waals surface area contributed by atoms with Gasteiger partial charge in [0.15, 0.2) is 5.11 Å². The van der Waals surface area contributed by atoms with Gasteiger partial charge in [-0.2, -0.15) is 0 Å². The van der Waals surface area contributed by atoms with Crippen molar-refractivity contribution in [3.63, 3.8) is 0 Å². The summed E-state index contributed by atoms with van der Waals surface area (Å²) >= 11 is 11.3. The summed E-state index contributed by atoms with van der Waals surface area (Å²) in [5.41, 5.74) is 3.45. The number of ether oxygens (including phenoxy) is 1. The highest BCUT2D eigenvalue weighted by Gasteiger charge is 2.13. The number of anilines is 1. The van der Waals surface area contributed by atoms with Gasteiger partial charge in [0.1, 0.15) is 16.9 Å². The summed E-state index contributed by atoms with van der Waals surface area (Å²) in [5.74, 6) is 0.699. The molecule has 0 saturated heterocycles. The molecule has 0 amide bonds. The van der Waals surface area contributed by atoms with Crippen LogP contribution < -0.4 is 15.4 Å². The standard InChI is InChI=1S/C21H17ClN2O2S/c1-25-20-10-16-15-4-2-3-5-18(15)26-19(16)11-17(20)24-21(27)23-12-13-6-8-14(22)9-7-13/h2-11H,12H2,1H3,(H2,23,24,27). The lowest BCUT2D eigenvalue weighted by molar-refractivity contribution is 0.417. The van der Waals surface area contributed by atoms with Gasteiger partial charge in [-0.25, -0.2) is 0 Å². The van der Waals surface area contributed by atoms with E-state index in [0.29, 0.717) is 22.4 Å². The molecule has 4 aromatic rings. The summed E-state index contributed by atoms with van der Waals surface area (Å²) < 4.78 is 11.5. The average Bonchev–Trinajstić information content (AvgIpc) is 3.04. The largest absolute Gasteiger partial charge is 0.495 e. The topological polar surface area (TPSA) is 46.4 Å². The molecule has 27 heavy (non-hydrogen) atoms. The Morgan fingerprint density at radius 3 is 2.59 bits per heavy atom. The number of hydrogen-bond acceptors (Lipinski definition) is 3. The van der Waals surface area contributed by atoms with Crippen LogP contribution in [0.3, 0.4) is 0 Å². The Morgan fingerprint density at radius 1 is 1.04 bits per heavy atom. The Kier molecular flexibility index (Phi) is 4.88. The summed E-state index contributed by atoms with van der Waals surface area (Å²) in [5, 5.41) is 9.65. The van der Waals surface area contributed by atoms with E-state index in [2.05, 4.69) is 10.6 Å². The van der Waals surface area contributed by atoms with Crippen molar-refractivity contribution in [1.29, 1.82) is 0 Å². The van der Waals surface area contributed by atoms with E-state index in [0.717, 1.165) is 33.2 Å². The SMILES string of the molecule is COc1cc2c(cc1NC(=S)NCc1ccc(Cl)cc1)oc1ccccc12. The zero-order valence-corrected chi connectivity index (χ0v) is 16.2. The van der Waals surface area contributed by atoms with Crippen LogP contribution in [0.2, 0.25) is 5.02 Å². The molecule has 0 fully saturated rings. The van der Waals surface area contributed by atoms with Crippen molar-refractivity contribution >= 4 is 56.6 Å². The van der Waals surface area contributed by atoms with E-state index in [4.69, 9.17) is 33.0 Å². The van der Waals surface area contributed by atoms with Crippen LogP contribution in [0.4, 0.5) is 5.69 Å². The second-order valence-corrected chi connectivity index (χ2v) is 6.93. The zero-order chi connectivity index (χ0) is 18.8. The average molecular weight is 397 g/mol. The van der Waals surface area contributed by atoms with Gasteiger partial charge in [0, 0.05) is 28.4 Å².